The van der Waals surface area contributed by atoms with Gasteiger partial charge < -0.3 is 9.80 Å². The molecule has 1 unspecified atom stereocenters. The van der Waals surface area contributed by atoms with Crippen LogP contribution in [-0.2, 0) is 11.2 Å². The molecule has 28 heavy (non-hydrogen) atoms. The lowest BCUT2D eigenvalue weighted by Crippen LogP contribution is -2.48. The molecule has 5 nitrogen and oxygen atoms in total. The molecule has 0 radical (unpaired) electrons. The van der Waals surface area contributed by atoms with Gasteiger partial charge in [0.2, 0.25) is 5.91 Å². The number of rotatable bonds is 5. The molecule has 1 saturated heterocycles. The fraction of sp³-hybridized carbons (Fsp3) is 0.524. The molecule has 2 heterocycles. The Morgan fingerprint density at radius 3 is 2.64 bits per heavy atom. The highest BCUT2D eigenvalue weighted by Crippen LogP contribution is 2.27. The second-order valence-electron chi connectivity index (χ2n) is 7.84. The highest BCUT2D eigenvalue weighted by molar-refractivity contribution is 6.42. The van der Waals surface area contributed by atoms with E-state index >= 15 is 0 Å². The Hall–Kier alpha value is -1.56. The van der Waals surface area contributed by atoms with Crippen molar-refractivity contribution >= 4 is 29.1 Å². The average Bonchev–Trinajstić information content (AvgIpc) is 2.92. The summed E-state index contributed by atoms with van der Waals surface area (Å²) in [4.78, 5) is 17.4. The Bertz CT molecular complexity index is 862. The minimum atomic E-state index is 0.187. The summed E-state index contributed by atoms with van der Waals surface area (Å²) in [6, 6.07) is 5.74. The Kier molecular flexibility index (Phi) is 6.69. The van der Waals surface area contributed by atoms with Crippen LogP contribution in [0.3, 0.4) is 0 Å². The van der Waals surface area contributed by atoms with Crippen LogP contribution in [0.4, 0.5) is 0 Å². The first kappa shape index (κ1) is 21.2. The molecule has 0 saturated carbocycles. The van der Waals surface area contributed by atoms with Gasteiger partial charge in [0.05, 0.1) is 27.8 Å². The molecular weight excluding hydrogens is 395 g/mol. The fourth-order valence-corrected chi connectivity index (χ4v) is 4.28. The summed E-state index contributed by atoms with van der Waals surface area (Å²) >= 11 is 12.2. The number of likely N-dealkylation sites (N-methyl/N-ethyl adjacent to an activating group) is 1. The first-order valence-corrected chi connectivity index (χ1v) is 10.5. The topological polar surface area (TPSA) is 41.4 Å². The maximum absolute atomic E-state index is 13.1. The maximum Gasteiger partial charge on any atom is 0.227 e. The monoisotopic (exact) mass is 422 g/mol. The number of aryl methyl sites for hydroxylation is 1. The summed E-state index contributed by atoms with van der Waals surface area (Å²) in [5.41, 5.74) is 3.67. The van der Waals surface area contributed by atoms with Crippen LogP contribution in [-0.4, -0.2) is 58.7 Å². The largest absolute Gasteiger partial charge is 0.338 e. The SMILES string of the molecule is Cc1nn(-c2ccc(Cl)c(Cl)c2)c(C)c1CC(=O)N1CCCCC1CN(C)C. The van der Waals surface area contributed by atoms with Crippen molar-refractivity contribution in [3.8, 4) is 5.69 Å². The predicted molar refractivity (Wildman–Crippen MR) is 115 cm³/mol. The lowest BCUT2D eigenvalue weighted by atomic mass is 10.00. The van der Waals surface area contributed by atoms with Gasteiger partial charge in [0.25, 0.3) is 0 Å². The third kappa shape index (κ3) is 4.53. The van der Waals surface area contributed by atoms with Gasteiger partial charge >= 0.3 is 0 Å². The summed E-state index contributed by atoms with van der Waals surface area (Å²) in [5, 5.41) is 5.66. The number of nitrogens with zero attached hydrogens (tertiary/aromatic N) is 4. The number of piperidine rings is 1. The van der Waals surface area contributed by atoms with Crippen LogP contribution in [0.15, 0.2) is 18.2 Å². The van der Waals surface area contributed by atoms with Crippen LogP contribution >= 0.6 is 23.2 Å². The van der Waals surface area contributed by atoms with E-state index in [4.69, 9.17) is 23.2 Å². The highest BCUT2D eigenvalue weighted by Gasteiger charge is 2.28. The molecule has 1 amide bonds. The van der Waals surface area contributed by atoms with Gasteiger partial charge in [-0.3, -0.25) is 4.79 Å². The van der Waals surface area contributed by atoms with E-state index in [1.54, 1.807) is 12.1 Å². The lowest BCUT2D eigenvalue weighted by Gasteiger charge is -2.37. The first-order valence-electron chi connectivity index (χ1n) is 9.72. The van der Waals surface area contributed by atoms with E-state index in [1.807, 2.05) is 24.6 Å². The van der Waals surface area contributed by atoms with E-state index in [-0.39, 0.29) is 5.91 Å². The molecule has 152 valence electrons. The van der Waals surface area contributed by atoms with Crippen molar-refractivity contribution < 1.29 is 4.79 Å². The molecule has 1 aromatic carbocycles. The molecule has 0 spiro atoms. The van der Waals surface area contributed by atoms with Crippen molar-refractivity contribution in [2.45, 2.75) is 45.6 Å². The first-order chi connectivity index (χ1) is 13.3. The van der Waals surface area contributed by atoms with Crippen LogP contribution in [0.5, 0.6) is 0 Å². The van der Waals surface area contributed by atoms with Gasteiger partial charge in [0, 0.05) is 30.4 Å². The highest BCUT2D eigenvalue weighted by atomic mass is 35.5. The van der Waals surface area contributed by atoms with E-state index in [2.05, 4.69) is 29.0 Å². The second-order valence-corrected chi connectivity index (χ2v) is 8.65. The minimum absolute atomic E-state index is 0.187. The third-order valence-corrected chi connectivity index (χ3v) is 6.18. The van der Waals surface area contributed by atoms with Gasteiger partial charge in [0.1, 0.15) is 0 Å². The zero-order chi connectivity index (χ0) is 20.4. The van der Waals surface area contributed by atoms with Gasteiger partial charge in [-0.2, -0.15) is 5.10 Å². The van der Waals surface area contributed by atoms with Crippen LogP contribution in [0.25, 0.3) is 5.69 Å². The number of halogens is 2. The number of carbonyl (C=O) groups is 1. The van der Waals surface area contributed by atoms with Crippen LogP contribution in [0.2, 0.25) is 10.0 Å². The number of hydrogen-bond acceptors (Lipinski definition) is 3. The molecule has 1 fully saturated rings. The molecule has 0 N–H and O–H groups in total. The third-order valence-electron chi connectivity index (χ3n) is 5.44. The van der Waals surface area contributed by atoms with Gasteiger partial charge in [0.15, 0.2) is 0 Å². The predicted octanol–water partition coefficient (Wildman–Crippen LogP) is 4.28. The molecule has 0 bridgehead atoms. The Balaban J connectivity index is 1.83. The number of benzene rings is 1. The summed E-state index contributed by atoms with van der Waals surface area (Å²) in [5.74, 6) is 0.187. The lowest BCUT2D eigenvalue weighted by molar-refractivity contribution is -0.134. The molecule has 0 aliphatic carbocycles. The van der Waals surface area contributed by atoms with E-state index in [0.29, 0.717) is 22.5 Å². The van der Waals surface area contributed by atoms with Crippen molar-refractivity contribution in [1.82, 2.24) is 19.6 Å². The number of carbonyl (C=O) groups excluding carboxylic acids is 1. The quantitative estimate of drug-likeness (QED) is 0.721. The summed E-state index contributed by atoms with van der Waals surface area (Å²) in [7, 11) is 4.12. The molecule has 1 atom stereocenters. The number of hydrogen-bond donors (Lipinski definition) is 0. The molecule has 1 aromatic heterocycles. The van der Waals surface area contributed by atoms with Crippen LogP contribution in [0.1, 0.15) is 36.2 Å². The average molecular weight is 423 g/mol. The second kappa shape index (κ2) is 8.85. The van der Waals surface area contributed by atoms with Gasteiger partial charge in [-0.05, 0) is 65.4 Å². The molecule has 1 aliphatic rings. The minimum Gasteiger partial charge on any atom is -0.338 e. The van der Waals surface area contributed by atoms with Crippen molar-refractivity contribution in [2.24, 2.45) is 0 Å². The Morgan fingerprint density at radius 1 is 1.21 bits per heavy atom. The van der Waals surface area contributed by atoms with E-state index in [1.165, 1.54) is 6.42 Å². The number of aromatic nitrogens is 2. The number of likely N-dealkylation sites (tertiary alicyclic amines) is 1. The molecular formula is C21H28Cl2N4O. The number of amides is 1. The van der Waals surface area contributed by atoms with Gasteiger partial charge in [-0.25, -0.2) is 4.68 Å². The van der Waals surface area contributed by atoms with Crippen molar-refractivity contribution in [1.29, 1.82) is 0 Å². The van der Waals surface area contributed by atoms with Crippen molar-refractivity contribution in [2.75, 3.05) is 27.2 Å². The van der Waals surface area contributed by atoms with Gasteiger partial charge in [-0.1, -0.05) is 23.2 Å². The fourth-order valence-electron chi connectivity index (χ4n) is 3.99. The summed E-state index contributed by atoms with van der Waals surface area (Å²) in [6.45, 7) is 5.71. The summed E-state index contributed by atoms with van der Waals surface area (Å²) < 4.78 is 1.84. The van der Waals surface area contributed by atoms with E-state index < -0.39 is 0 Å². The van der Waals surface area contributed by atoms with Crippen LogP contribution < -0.4 is 0 Å². The zero-order valence-electron chi connectivity index (χ0n) is 17.0. The standard InChI is InChI=1S/C21H28Cl2N4O/c1-14-18(12-21(28)26-10-6-5-7-17(26)13-25(3)4)15(2)27(24-14)16-8-9-19(22)20(23)11-16/h8-9,11,17H,5-7,10,12-13H2,1-4H3. The molecule has 3 rings (SSSR count). The smallest absolute Gasteiger partial charge is 0.227 e. The Morgan fingerprint density at radius 2 is 1.96 bits per heavy atom. The Labute approximate surface area is 177 Å². The normalized spacial score (nSPS) is 17.4. The zero-order valence-corrected chi connectivity index (χ0v) is 18.5. The molecule has 2 aromatic rings. The van der Waals surface area contributed by atoms with E-state index in [9.17, 15) is 4.79 Å². The van der Waals surface area contributed by atoms with Crippen molar-refractivity contribution in [3.05, 3.63) is 45.2 Å². The molecule has 7 heteroatoms. The van der Waals surface area contributed by atoms with Crippen LogP contribution in [0, 0.1) is 13.8 Å². The summed E-state index contributed by atoms with van der Waals surface area (Å²) in [6.07, 6.45) is 3.72. The maximum atomic E-state index is 13.1. The van der Waals surface area contributed by atoms with Crippen molar-refractivity contribution in [3.63, 3.8) is 0 Å². The van der Waals surface area contributed by atoms with Gasteiger partial charge in [-0.15, -0.1) is 0 Å². The molecule has 1 aliphatic heterocycles. The van der Waals surface area contributed by atoms with E-state index in [0.717, 1.165) is 48.6 Å².